The summed E-state index contributed by atoms with van der Waals surface area (Å²) in [7, 11) is 0. The number of aromatic nitrogens is 2. The molecule has 134 valence electrons. The van der Waals surface area contributed by atoms with E-state index in [1.54, 1.807) is 6.33 Å². The Kier molecular flexibility index (Phi) is 4.84. The number of H-pyrrole nitrogens is 1. The van der Waals surface area contributed by atoms with Crippen LogP contribution in [0.25, 0.3) is 11.3 Å². The smallest absolute Gasteiger partial charge is 0.269 e. The predicted octanol–water partition coefficient (Wildman–Crippen LogP) is 2.46. The van der Waals surface area contributed by atoms with Gasteiger partial charge >= 0.3 is 0 Å². The van der Waals surface area contributed by atoms with Crippen molar-refractivity contribution < 1.29 is 9.53 Å². The molecule has 6 nitrogen and oxygen atoms in total. The molecule has 1 saturated heterocycles. The lowest BCUT2D eigenvalue weighted by Crippen LogP contribution is -2.40. The highest BCUT2D eigenvalue weighted by molar-refractivity contribution is 5.85. The van der Waals surface area contributed by atoms with E-state index in [1.807, 2.05) is 53.4 Å². The van der Waals surface area contributed by atoms with Crippen molar-refractivity contribution in [3.05, 3.63) is 60.6 Å². The Bertz CT molecular complexity index is 825. The second kappa shape index (κ2) is 7.58. The van der Waals surface area contributed by atoms with E-state index in [0.29, 0.717) is 12.3 Å². The highest BCUT2D eigenvalue weighted by Crippen LogP contribution is 2.31. The van der Waals surface area contributed by atoms with Gasteiger partial charge in [0.05, 0.1) is 17.7 Å². The molecule has 0 aromatic heterocycles. The van der Waals surface area contributed by atoms with Crippen molar-refractivity contribution in [2.75, 3.05) is 26.2 Å². The van der Waals surface area contributed by atoms with Crippen LogP contribution in [0.15, 0.2) is 54.9 Å². The molecule has 0 radical (unpaired) electrons. The Hall–Kier alpha value is -2.86. The molecule has 2 heterocycles. The number of amides is 1. The summed E-state index contributed by atoms with van der Waals surface area (Å²) in [4.78, 5) is 22.7. The Morgan fingerprint density at radius 2 is 1.96 bits per heavy atom. The number of benzene rings is 1. The van der Waals surface area contributed by atoms with E-state index in [1.165, 1.54) is 0 Å². The number of nitrogens with one attached hydrogen (secondary N) is 2. The lowest BCUT2D eigenvalue weighted by atomic mass is 10.1. The van der Waals surface area contributed by atoms with Gasteiger partial charge in [-0.2, -0.15) is 0 Å². The van der Waals surface area contributed by atoms with E-state index in [-0.39, 0.29) is 5.91 Å². The molecular weight excluding hydrogens is 328 g/mol. The molecule has 1 amide bonds. The molecule has 26 heavy (non-hydrogen) atoms. The van der Waals surface area contributed by atoms with Crippen LogP contribution in [0.4, 0.5) is 0 Å². The normalized spacial score (nSPS) is 16.2. The molecule has 2 aliphatic heterocycles. The first-order valence-electron chi connectivity index (χ1n) is 8.96. The third-order valence-electron chi connectivity index (χ3n) is 4.64. The van der Waals surface area contributed by atoms with E-state index in [0.717, 1.165) is 43.0 Å². The summed E-state index contributed by atoms with van der Waals surface area (Å²) in [5, 5.41) is 3.33. The van der Waals surface area contributed by atoms with Gasteiger partial charge in [-0.25, -0.2) is 4.98 Å². The van der Waals surface area contributed by atoms with E-state index >= 15 is 0 Å². The van der Waals surface area contributed by atoms with Gasteiger partial charge in [-0.05, 0) is 31.2 Å². The average molecular weight is 350 g/mol. The molecule has 1 aromatic rings. The highest BCUT2D eigenvalue weighted by Gasteiger charge is 2.31. The zero-order valence-corrected chi connectivity index (χ0v) is 14.5. The fourth-order valence-corrected chi connectivity index (χ4v) is 3.32. The molecule has 1 aromatic carbocycles. The maximum atomic E-state index is 13.4. The second-order valence-corrected chi connectivity index (χ2v) is 6.38. The van der Waals surface area contributed by atoms with Crippen LogP contribution in [0.5, 0.6) is 5.75 Å². The first kappa shape index (κ1) is 16.6. The van der Waals surface area contributed by atoms with Crippen LogP contribution in [0.2, 0.25) is 0 Å². The molecule has 2 N–H and O–H groups in total. The first-order valence-corrected chi connectivity index (χ1v) is 8.96. The number of hydrogen-bond acceptors (Lipinski definition) is 4. The summed E-state index contributed by atoms with van der Waals surface area (Å²) in [6.07, 6.45) is 1.83. The summed E-state index contributed by atoms with van der Waals surface area (Å²) < 4.78 is 6.16. The van der Waals surface area contributed by atoms with Crippen LogP contribution >= 0.6 is 0 Å². The van der Waals surface area contributed by atoms with Gasteiger partial charge in [0.25, 0.3) is 5.91 Å². The quantitative estimate of drug-likeness (QED) is 0.758. The van der Waals surface area contributed by atoms with Crippen LogP contribution in [-0.4, -0.2) is 47.0 Å². The van der Waals surface area contributed by atoms with E-state index in [9.17, 15) is 4.79 Å². The Balaban J connectivity index is 1.69. The second-order valence-electron chi connectivity index (χ2n) is 6.38. The summed E-state index contributed by atoms with van der Waals surface area (Å²) in [6, 6.07) is 15.3. The Morgan fingerprint density at radius 1 is 1.08 bits per heavy atom. The minimum absolute atomic E-state index is 0.0255. The topological polar surface area (TPSA) is 70.2 Å². The number of hydrogen-bond donors (Lipinski definition) is 2. The fraction of sp³-hybridized carbons (Fsp3) is 0.300. The third kappa shape index (κ3) is 3.41. The Morgan fingerprint density at radius 3 is 2.85 bits per heavy atom. The maximum absolute atomic E-state index is 13.4. The van der Waals surface area contributed by atoms with Gasteiger partial charge in [0.15, 0.2) is 0 Å². The van der Waals surface area contributed by atoms with E-state index in [4.69, 9.17) is 4.74 Å². The van der Waals surface area contributed by atoms with E-state index in [2.05, 4.69) is 15.3 Å². The minimum Gasteiger partial charge on any atom is -0.474 e. The van der Waals surface area contributed by atoms with Crippen molar-refractivity contribution in [2.24, 2.45) is 0 Å². The summed E-state index contributed by atoms with van der Waals surface area (Å²) >= 11 is 0. The number of rotatable bonds is 4. The van der Waals surface area contributed by atoms with Crippen molar-refractivity contribution in [1.82, 2.24) is 20.2 Å². The van der Waals surface area contributed by atoms with Gasteiger partial charge < -0.3 is 19.9 Å². The molecule has 6 heteroatoms. The molecular formula is C20H22N4O2. The Labute approximate surface area is 152 Å². The van der Waals surface area contributed by atoms with Gasteiger partial charge in [-0.15, -0.1) is 0 Å². The number of aromatic amines is 1. The first-order chi connectivity index (χ1) is 12.8. The van der Waals surface area contributed by atoms with Crippen LogP contribution in [0, 0.1) is 0 Å². The SMILES string of the molecule is O=C(C(Oc1ccccc1)c1[nH]cnc2cccc1-2)N1CCCNCC1. The van der Waals surface area contributed by atoms with Crippen molar-refractivity contribution >= 4 is 5.91 Å². The number of nitrogens with zero attached hydrogens (tertiary/aromatic N) is 2. The summed E-state index contributed by atoms with van der Waals surface area (Å²) in [5.41, 5.74) is 2.51. The third-order valence-corrected chi connectivity index (χ3v) is 4.64. The summed E-state index contributed by atoms with van der Waals surface area (Å²) in [6.45, 7) is 3.15. The minimum atomic E-state index is -0.733. The van der Waals surface area contributed by atoms with Crippen molar-refractivity contribution in [1.29, 1.82) is 0 Å². The highest BCUT2D eigenvalue weighted by atomic mass is 16.5. The molecule has 0 bridgehead atoms. The van der Waals surface area contributed by atoms with Gasteiger partial charge in [0.2, 0.25) is 6.10 Å². The zero-order valence-electron chi connectivity index (χ0n) is 14.5. The summed E-state index contributed by atoms with van der Waals surface area (Å²) in [5.74, 6) is 0.645. The van der Waals surface area contributed by atoms with Crippen LogP contribution in [-0.2, 0) is 4.79 Å². The zero-order chi connectivity index (χ0) is 17.8. The number of carbonyl (C=O) groups excluding carboxylic acids is 1. The number of fused-ring (bicyclic) bond motifs is 1. The average Bonchev–Trinajstić information content (AvgIpc) is 3.00. The van der Waals surface area contributed by atoms with Crippen molar-refractivity contribution in [2.45, 2.75) is 12.5 Å². The lowest BCUT2D eigenvalue weighted by molar-refractivity contribution is -0.139. The van der Waals surface area contributed by atoms with Crippen LogP contribution in [0.3, 0.4) is 0 Å². The maximum Gasteiger partial charge on any atom is 0.269 e. The lowest BCUT2D eigenvalue weighted by Gasteiger charge is -2.27. The van der Waals surface area contributed by atoms with Gasteiger partial charge in [0.1, 0.15) is 5.75 Å². The molecule has 1 fully saturated rings. The fourth-order valence-electron chi connectivity index (χ4n) is 3.32. The number of carbonyl (C=O) groups is 1. The number of para-hydroxylation sites is 1. The standard InChI is InChI=1S/C20H22N4O2/c25-20(24-12-5-10-21-11-13-24)19(26-15-6-2-1-3-7-15)18-16-8-4-9-17(16)22-14-23-18/h1-4,6-9,14,19,21H,5,10-13H2,(H,22,23). The molecule has 1 unspecified atom stereocenters. The van der Waals surface area contributed by atoms with Gasteiger partial charge in [-0.3, -0.25) is 4.79 Å². The molecule has 0 spiro atoms. The molecule has 1 aliphatic carbocycles. The van der Waals surface area contributed by atoms with Crippen LogP contribution < -0.4 is 10.1 Å². The van der Waals surface area contributed by atoms with Crippen molar-refractivity contribution in [3.63, 3.8) is 0 Å². The van der Waals surface area contributed by atoms with Crippen LogP contribution in [0.1, 0.15) is 18.2 Å². The van der Waals surface area contributed by atoms with Gasteiger partial charge in [-0.1, -0.05) is 30.3 Å². The molecule has 3 aliphatic rings. The molecule has 4 rings (SSSR count). The monoisotopic (exact) mass is 350 g/mol. The van der Waals surface area contributed by atoms with E-state index < -0.39 is 6.10 Å². The molecule has 0 saturated carbocycles. The number of ether oxygens (including phenoxy) is 1. The van der Waals surface area contributed by atoms with Crippen molar-refractivity contribution in [3.8, 4) is 17.0 Å². The molecule has 1 atom stereocenters. The predicted molar refractivity (Wildman–Crippen MR) is 99.1 cm³/mol. The van der Waals surface area contributed by atoms with Gasteiger partial charge in [0, 0.05) is 25.2 Å². The largest absolute Gasteiger partial charge is 0.474 e.